The standard InChI is InChI=1S/C20H39NO4S/c1-4-5-6-7-8-9-10-11-13-18-19(25-20(18)22)14-17-26(23,24)16-12-15-21(2)3/h18-19H,4-17H2,1-3H3/t18-,19-/m0/s1. The number of esters is 1. The number of cyclic esters (lactones) is 1. The summed E-state index contributed by atoms with van der Waals surface area (Å²) in [6.07, 6.45) is 11.7. The second-order valence-corrected chi connectivity index (χ2v) is 10.2. The zero-order valence-corrected chi connectivity index (χ0v) is 17.9. The highest BCUT2D eigenvalue weighted by molar-refractivity contribution is 7.91. The Hall–Kier alpha value is -0.620. The van der Waals surface area contributed by atoms with Gasteiger partial charge in [0, 0.05) is 0 Å². The van der Waals surface area contributed by atoms with E-state index in [2.05, 4.69) is 6.92 Å². The molecule has 0 aromatic rings. The number of sulfone groups is 1. The first-order valence-corrected chi connectivity index (χ1v) is 12.2. The van der Waals surface area contributed by atoms with Crippen molar-refractivity contribution in [2.24, 2.45) is 5.92 Å². The highest BCUT2D eigenvalue weighted by Gasteiger charge is 2.41. The Morgan fingerprint density at radius 1 is 0.885 bits per heavy atom. The van der Waals surface area contributed by atoms with Gasteiger partial charge in [-0.05, 0) is 39.9 Å². The number of rotatable bonds is 16. The van der Waals surface area contributed by atoms with Crippen molar-refractivity contribution in [1.82, 2.24) is 4.90 Å². The van der Waals surface area contributed by atoms with Gasteiger partial charge in [-0.2, -0.15) is 0 Å². The Morgan fingerprint density at radius 3 is 2.08 bits per heavy atom. The fraction of sp³-hybridized carbons (Fsp3) is 0.950. The van der Waals surface area contributed by atoms with Crippen LogP contribution in [0.4, 0.5) is 0 Å². The molecule has 5 nitrogen and oxygen atoms in total. The van der Waals surface area contributed by atoms with E-state index in [4.69, 9.17) is 4.74 Å². The molecule has 1 heterocycles. The molecule has 26 heavy (non-hydrogen) atoms. The summed E-state index contributed by atoms with van der Waals surface area (Å²) < 4.78 is 29.4. The predicted octanol–water partition coefficient (Wildman–Crippen LogP) is 3.82. The molecule has 2 atom stereocenters. The van der Waals surface area contributed by atoms with E-state index in [0.717, 1.165) is 25.8 Å². The van der Waals surface area contributed by atoms with Crippen LogP contribution in [0.5, 0.6) is 0 Å². The molecule has 0 unspecified atom stereocenters. The van der Waals surface area contributed by atoms with Gasteiger partial charge in [0.25, 0.3) is 0 Å². The summed E-state index contributed by atoms with van der Waals surface area (Å²) in [5.74, 6) is 0.135. The van der Waals surface area contributed by atoms with Crippen molar-refractivity contribution >= 4 is 15.8 Å². The van der Waals surface area contributed by atoms with Crippen LogP contribution < -0.4 is 0 Å². The SMILES string of the molecule is CCCCCCCCCC[C@@H]1C(=O)O[C@H]1CCS(=O)(=O)CCCN(C)C. The Bertz CT molecular complexity index is 490. The van der Waals surface area contributed by atoms with Crippen LogP contribution in [0, 0.1) is 5.92 Å². The lowest BCUT2D eigenvalue weighted by Gasteiger charge is -2.35. The van der Waals surface area contributed by atoms with Gasteiger partial charge in [0.05, 0.1) is 17.4 Å². The molecule has 0 spiro atoms. The van der Waals surface area contributed by atoms with Gasteiger partial charge in [-0.25, -0.2) is 8.42 Å². The minimum Gasteiger partial charge on any atom is -0.461 e. The van der Waals surface area contributed by atoms with Gasteiger partial charge in [0.2, 0.25) is 0 Å². The highest BCUT2D eigenvalue weighted by Crippen LogP contribution is 2.30. The molecular weight excluding hydrogens is 350 g/mol. The third kappa shape index (κ3) is 9.91. The molecule has 1 aliphatic heterocycles. The molecule has 0 radical (unpaired) electrons. The fourth-order valence-corrected chi connectivity index (χ4v) is 4.82. The molecule has 0 aromatic carbocycles. The molecule has 0 aromatic heterocycles. The van der Waals surface area contributed by atoms with Crippen LogP contribution in [-0.4, -0.2) is 57.5 Å². The normalized spacial score (nSPS) is 20.2. The van der Waals surface area contributed by atoms with Crippen molar-refractivity contribution in [2.45, 2.75) is 83.7 Å². The van der Waals surface area contributed by atoms with Crippen LogP contribution in [-0.2, 0) is 19.4 Å². The molecule has 0 aliphatic carbocycles. The van der Waals surface area contributed by atoms with Gasteiger partial charge in [0.15, 0.2) is 9.84 Å². The average molecular weight is 390 g/mol. The fourth-order valence-electron chi connectivity index (χ4n) is 3.46. The minimum atomic E-state index is -3.05. The number of carbonyl (C=O) groups is 1. The minimum absolute atomic E-state index is 0.0768. The zero-order valence-electron chi connectivity index (χ0n) is 17.0. The number of nitrogens with zero attached hydrogens (tertiary/aromatic N) is 1. The van der Waals surface area contributed by atoms with E-state index in [1.807, 2.05) is 19.0 Å². The third-order valence-corrected chi connectivity index (χ3v) is 6.93. The first-order valence-electron chi connectivity index (χ1n) is 10.4. The monoisotopic (exact) mass is 389 g/mol. The summed E-state index contributed by atoms with van der Waals surface area (Å²) in [5.41, 5.74) is 0. The lowest BCUT2D eigenvalue weighted by Crippen LogP contribution is -2.46. The Labute approximate surface area is 160 Å². The van der Waals surface area contributed by atoms with Crippen molar-refractivity contribution in [3.63, 3.8) is 0 Å². The van der Waals surface area contributed by atoms with Gasteiger partial charge in [-0.15, -0.1) is 0 Å². The summed E-state index contributed by atoms with van der Waals surface area (Å²) in [7, 11) is 0.834. The number of hydrogen-bond donors (Lipinski definition) is 0. The van der Waals surface area contributed by atoms with Crippen molar-refractivity contribution in [1.29, 1.82) is 0 Å². The topological polar surface area (TPSA) is 63.7 Å². The summed E-state index contributed by atoms with van der Waals surface area (Å²) >= 11 is 0. The Balaban J connectivity index is 2.14. The molecule has 1 saturated heterocycles. The van der Waals surface area contributed by atoms with E-state index in [9.17, 15) is 13.2 Å². The van der Waals surface area contributed by atoms with E-state index in [1.54, 1.807) is 0 Å². The maximum atomic E-state index is 12.1. The quantitative estimate of drug-likeness (QED) is 0.297. The molecular formula is C20H39NO4S. The summed E-state index contributed by atoms with van der Waals surface area (Å²) in [6, 6.07) is 0. The number of ether oxygens (including phenoxy) is 1. The van der Waals surface area contributed by atoms with Crippen LogP contribution in [0.1, 0.15) is 77.6 Å². The predicted molar refractivity (Wildman–Crippen MR) is 107 cm³/mol. The first-order chi connectivity index (χ1) is 12.4. The van der Waals surface area contributed by atoms with E-state index in [0.29, 0.717) is 12.8 Å². The van der Waals surface area contributed by atoms with Crippen molar-refractivity contribution < 1.29 is 17.9 Å². The van der Waals surface area contributed by atoms with Crippen molar-refractivity contribution in [2.75, 3.05) is 32.1 Å². The van der Waals surface area contributed by atoms with Gasteiger partial charge in [0.1, 0.15) is 6.10 Å². The number of hydrogen-bond acceptors (Lipinski definition) is 5. The molecule has 0 amide bonds. The Morgan fingerprint density at radius 2 is 1.50 bits per heavy atom. The van der Waals surface area contributed by atoms with Gasteiger partial charge < -0.3 is 9.64 Å². The lowest BCUT2D eigenvalue weighted by atomic mass is 9.89. The van der Waals surface area contributed by atoms with Crippen LogP contribution in [0.25, 0.3) is 0 Å². The van der Waals surface area contributed by atoms with E-state index < -0.39 is 9.84 Å². The van der Waals surface area contributed by atoms with Crippen LogP contribution in [0.2, 0.25) is 0 Å². The molecule has 1 fully saturated rings. The molecule has 0 N–H and O–H groups in total. The van der Waals surface area contributed by atoms with Crippen molar-refractivity contribution in [3.8, 4) is 0 Å². The molecule has 6 heteroatoms. The zero-order chi connectivity index (χ0) is 19.4. The molecule has 0 saturated carbocycles. The smallest absolute Gasteiger partial charge is 0.313 e. The highest BCUT2D eigenvalue weighted by atomic mass is 32.2. The largest absolute Gasteiger partial charge is 0.461 e. The maximum Gasteiger partial charge on any atom is 0.313 e. The van der Waals surface area contributed by atoms with E-state index in [1.165, 1.54) is 38.5 Å². The van der Waals surface area contributed by atoms with Gasteiger partial charge in [-0.1, -0.05) is 58.3 Å². The molecule has 1 aliphatic rings. The van der Waals surface area contributed by atoms with E-state index >= 15 is 0 Å². The maximum absolute atomic E-state index is 12.1. The summed E-state index contributed by atoms with van der Waals surface area (Å²) in [6.45, 7) is 3.00. The van der Waals surface area contributed by atoms with Crippen LogP contribution in [0.15, 0.2) is 0 Å². The van der Waals surface area contributed by atoms with Gasteiger partial charge >= 0.3 is 5.97 Å². The molecule has 0 bridgehead atoms. The second-order valence-electron chi connectivity index (χ2n) is 7.94. The first kappa shape index (κ1) is 23.4. The molecule has 1 rings (SSSR count). The third-order valence-electron chi connectivity index (χ3n) is 5.16. The van der Waals surface area contributed by atoms with Crippen LogP contribution in [0.3, 0.4) is 0 Å². The Kier molecular flexibility index (Phi) is 11.4. The average Bonchev–Trinajstić information content (AvgIpc) is 2.56. The summed E-state index contributed by atoms with van der Waals surface area (Å²) in [5, 5.41) is 0. The lowest BCUT2D eigenvalue weighted by molar-refractivity contribution is -0.185. The van der Waals surface area contributed by atoms with Crippen molar-refractivity contribution in [3.05, 3.63) is 0 Å². The molecule has 154 valence electrons. The number of unbranched alkanes of at least 4 members (excludes halogenated alkanes) is 7. The van der Waals surface area contributed by atoms with E-state index in [-0.39, 0.29) is 29.5 Å². The van der Waals surface area contributed by atoms with Gasteiger partial charge in [-0.3, -0.25) is 4.79 Å². The number of carbonyl (C=O) groups excluding carboxylic acids is 1. The second kappa shape index (κ2) is 12.7. The summed E-state index contributed by atoms with van der Waals surface area (Å²) in [4.78, 5) is 13.7. The van der Waals surface area contributed by atoms with Crippen LogP contribution >= 0.6 is 0 Å².